The van der Waals surface area contributed by atoms with E-state index in [1.165, 1.54) is 0 Å². The maximum absolute atomic E-state index is 11.6. The number of halogens is 1. The molecule has 2 amide bonds. The van der Waals surface area contributed by atoms with E-state index in [1.54, 1.807) is 11.2 Å². The van der Waals surface area contributed by atoms with E-state index in [4.69, 9.17) is 4.42 Å². The van der Waals surface area contributed by atoms with Crippen LogP contribution in [-0.2, 0) is 6.54 Å². The van der Waals surface area contributed by atoms with Gasteiger partial charge in [-0.05, 0) is 40.2 Å². The maximum Gasteiger partial charge on any atom is 0.321 e. The highest BCUT2D eigenvalue weighted by Crippen LogP contribution is 2.23. The minimum absolute atomic E-state index is 0.0454. The zero-order valence-electron chi connectivity index (χ0n) is 10.7. The molecule has 0 atom stereocenters. The Morgan fingerprint density at radius 1 is 1.40 bits per heavy atom. The molecule has 1 aromatic heterocycles. The van der Waals surface area contributed by atoms with Crippen LogP contribution in [-0.4, -0.2) is 19.1 Å². The molecule has 20 heavy (non-hydrogen) atoms. The molecule has 0 aliphatic carbocycles. The Labute approximate surface area is 125 Å². The number of rotatable bonds is 4. The predicted octanol–water partition coefficient (Wildman–Crippen LogP) is 3.18. The van der Waals surface area contributed by atoms with Gasteiger partial charge in [-0.15, -0.1) is 0 Å². The molecule has 2 heterocycles. The zero-order valence-corrected chi connectivity index (χ0v) is 12.3. The summed E-state index contributed by atoms with van der Waals surface area (Å²) in [6.45, 7) is 1.98. The minimum atomic E-state index is -0.0454. The second-order valence-electron chi connectivity index (χ2n) is 4.48. The molecule has 1 fully saturated rings. The largest absolute Gasteiger partial charge is 0.466 e. The van der Waals surface area contributed by atoms with Crippen LogP contribution in [0.1, 0.15) is 5.76 Å². The molecule has 104 valence electrons. The van der Waals surface area contributed by atoms with Crippen LogP contribution in [0, 0.1) is 0 Å². The van der Waals surface area contributed by atoms with Gasteiger partial charge in [0.05, 0.1) is 17.3 Å². The van der Waals surface area contributed by atoms with Gasteiger partial charge in [-0.3, -0.25) is 4.90 Å². The van der Waals surface area contributed by atoms with Gasteiger partial charge < -0.3 is 15.1 Å². The van der Waals surface area contributed by atoms with Gasteiger partial charge in [-0.25, -0.2) is 4.79 Å². The first-order chi connectivity index (χ1) is 9.74. The first-order valence-corrected chi connectivity index (χ1v) is 7.14. The third kappa shape index (κ3) is 2.65. The van der Waals surface area contributed by atoms with E-state index in [2.05, 4.69) is 26.6 Å². The van der Waals surface area contributed by atoms with Gasteiger partial charge in [0.25, 0.3) is 0 Å². The third-order valence-corrected chi connectivity index (χ3v) is 3.87. The molecule has 1 saturated heterocycles. The molecular weight excluding hydrogens is 322 g/mol. The molecule has 2 N–H and O–H groups in total. The van der Waals surface area contributed by atoms with Gasteiger partial charge in [-0.1, -0.05) is 6.07 Å². The Bertz CT molecular complexity index is 626. The number of amides is 2. The molecule has 6 heteroatoms. The summed E-state index contributed by atoms with van der Waals surface area (Å²) in [5, 5.41) is 6.08. The monoisotopic (exact) mass is 335 g/mol. The summed E-state index contributed by atoms with van der Waals surface area (Å²) in [4.78, 5) is 13.4. The van der Waals surface area contributed by atoms with Crippen molar-refractivity contribution in [2.24, 2.45) is 0 Å². The molecule has 1 aromatic carbocycles. The van der Waals surface area contributed by atoms with Crippen LogP contribution in [0.15, 0.2) is 45.5 Å². The van der Waals surface area contributed by atoms with Crippen LogP contribution >= 0.6 is 15.9 Å². The Morgan fingerprint density at radius 2 is 2.30 bits per heavy atom. The van der Waals surface area contributed by atoms with Crippen molar-refractivity contribution in [2.75, 3.05) is 23.3 Å². The fraction of sp³-hybridized carbons (Fsp3) is 0.214. The van der Waals surface area contributed by atoms with Crippen molar-refractivity contribution < 1.29 is 9.21 Å². The topological polar surface area (TPSA) is 57.5 Å². The molecule has 0 bridgehead atoms. The van der Waals surface area contributed by atoms with Crippen LogP contribution in [0.25, 0.3) is 0 Å². The second-order valence-corrected chi connectivity index (χ2v) is 5.33. The van der Waals surface area contributed by atoms with Crippen LogP contribution in [0.4, 0.5) is 16.2 Å². The number of carbonyl (C=O) groups is 1. The molecule has 0 saturated carbocycles. The zero-order chi connectivity index (χ0) is 13.9. The Balaban J connectivity index is 1.71. The van der Waals surface area contributed by atoms with Crippen LogP contribution in [0.5, 0.6) is 0 Å². The Hall–Kier alpha value is -1.95. The van der Waals surface area contributed by atoms with E-state index in [0.29, 0.717) is 19.6 Å². The standard InChI is InChI=1S/C14H14BrN3O2/c15-12-4-7-20-13(12)9-17-10-2-1-3-11(8-10)18-6-5-16-14(18)19/h1-4,7-8,17H,5-6,9H2,(H,16,19). The lowest BCUT2D eigenvalue weighted by molar-refractivity contribution is 0.252. The Kier molecular flexibility index (Phi) is 3.64. The van der Waals surface area contributed by atoms with Crippen LogP contribution in [0.2, 0.25) is 0 Å². The smallest absolute Gasteiger partial charge is 0.321 e. The highest BCUT2D eigenvalue weighted by molar-refractivity contribution is 9.10. The quantitative estimate of drug-likeness (QED) is 0.902. The number of anilines is 2. The number of hydrogen-bond acceptors (Lipinski definition) is 3. The molecule has 0 radical (unpaired) electrons. The number of urea groups is 1. The van der Waals surface area contributed by atoms with Crippen molar-refractivity contribution in [1.29, 1.82) is 0 Å². The summed E-state index contributed by atoms with van der Waals surface area (Å²) in [5.41, 5.74) is 1.84. The lowest BCUT2D eigenvalue weighted by atomic mass is 10.2. The van der Waals surface area contributed by atoms with Gasteiger partial charge in [-0.2, -0.15) is 0 Å². The fourth-order valence-electron chi connectivity index (χ4n) is 2.14. The normalized spacial score (nSPS) is 14.4. The van der Waals surface area contributed by atoms with Crippen molar-refractivity contribution in [3.63, 3.8) is 0 Å². The minimum Gasteiger partial charge on any atom is -0.466 e. The number of nitrogens with zero attached hydrogens (tertiary/aromatic N) is 1. The van der Waals surface area contributed by atoms with Gasteiger partial charge >= 0.3 is 6.03 Å². The predicted molar refractivity (Wildman–Crippen MR) is 80.9 cm³/mol. The van der Waals surface area contributed by atoms with E-state index in [-0.39, 0.29) is 6.03 Å². The molecular formula is C14H14BrN3O2. The lowest BCUT2D eigenvalue weighted by Crippen LogP contribution is -2.27. The summed E-state index contributed by atoms with van der Waals surface area (Å²) >= 11 is 3.42. The van der Waals surface area contributed by atoms with Crippen LogP contribution < -0.4 is 15.5 Å². The van der Waals surface area contributed by atoms with E-state index < -0.39 is 0 Å². The van der Waals surface area contributed by atoms with E-state index in [9.17, 15) is 4.79 Å². The number of hydrogen-bond donors (Lipinski definition) is 2. The number of benzene rings is 1. The second kappa shape index (κ2) is 5.58. The average Bonchev–Trinajstić information content (AvgIpc) is 3.05. The first kappa shape index (κ1) is 13.1. The van der Waals surface area contributed by atoms with E-state index in [1.807, 2.05) is 30.3 Å². The molecule has 0 unspecified atom stereocenters. The molecule has 5 nitrogen and oxygen atoms in total. The van der Waals surface area contributed by atoms with Crippen molar-refractivity contribution in [1.82, 2.24) is 5.32 Å². The van der Waals surface area contributed by atoms with Gasteiger partial charge in [0.2, 0.25) is 0 Å². The first-order valence-electron chi connectivity index (χ1n) is 6.35. The summed E-state index contributed by atoms with van der Waals surface area (Å²) in [7, 11) is 0. The number of nitrogens with one attached hydrogen (secondary N) is 2. The summed E-state index contributed by atoms with van der Waals surface area (Å²) in [6, 6.07) is 9.60. The lowest BCUT2D eigenvalue weighted by Gasteiger charge is -2.15. The molecule has 1 aliphatic heterocycles. The molecule has 2 aromatic rings. The highest BCUT2D eigenvalue weighted by Gasteiger charge is 2.20. The fourth-order valence-corrected chi connectivity index (χ4v) is 2.48. The van der Waals surface area contributed by atoms with E-state index >= 15 is 0 Å². The van der Waals surface area contributed by atoms with Crippen molar-refractivity contribution in [2.45, 2.75) is 6.54 Å². The summed E-state index contributed by atoms with van der Waals surface area (Å²) < 4.78 is 6.29. The molecule has 3 rings (SSSR count). The van der Waals surface area contributed by atoms with Crippen molar-refractivity contribution >= 4 is 33.3 Å². The molecule has 1 aliphatic rings. The number of carbonyl (C=O) groups excluding carboxylic acids is 1. The summed E-state index contributed by atoms with van der Waals surface area (Å²) in [5.74, 6) is 0.842. The summed E-state index contributed by atoms with van der Waals surface area (Å²) in [6.07, 6.45) is 1.64. The van der Waals surface area contributed by atoms with Gasteiger partial charge in [0.1, 0.15) is 5.76 Å². The number of furan rings is 1. The van der Waals surface area contributed by atoms with Gasteiger partial charge in [0, 0.05) is 24.5 Å². The van der Waals surface area contributed by atoms with Crippen molar-refractivity contribution in [3.8, 4) is 0 Å². The SMILES string of the molecule is O=C1NCCN1c1cccc(NCc2occc2Br)c1. The van der Waals surface area contributed by atoms with E-state index in [0.717, 1.165) is 21.6 Å². The highest BCUT2D eigenvalue weighted by atomic mass is 79.9. The maximum atomic E-state index is 11.6. The van der Waals surface area contributed by atoms with Gasteiger partial charge in [0.15, 0.2) is 0 Å². The third-order valence-electron chi connectivity index (χ3n) is 3.16. The van der Waals surface area contributed by atoms with Crippen molar-refractivity contribution in [3.05, 3.63) is 46.8 Å². The Morgan fingerprint density at radius 3 is 3.00 bits per heavy atom. The molecule has 0 spiro atoms. The van der Waals surface area contributed by atoms with Crippen LogP contribution in [0.3, 0.4) is 0 Å². The average molecular weight is 336 g/mol.